The number of piperidine rings is 1. The number of aromatic amines is 1. The van der Waals surface area contributed by atoms with Crippen LogP contribution in [0, 0.1) is 5.82 Å². The Morgan fingerprint density at radius 1 is 1.04 bits per heavy atom. The molecular weight excluding hydrogens is 345 g/mol. The summed E-state index contributed by atoms with van der Waals surface area (Å²) in [5.74, 6) is -0.574. The fraction of sp³-hybridized carbons (Fsp3) is 0.238. The van der Waals surface area contributed by atoms with Crippen LogP contribution in [0.5, 0.6) is 0 Å². The summed E-state index contributed by atoms with van der Waals surface area (Å²) in [4.78, 5) is 29.7. The summed E-state index contributed by atoms with van der Waals surface area (Å²) in [6.07, 6.45) is 1.39. The first-order valence-corrected chi connectivity index (χ1v) is 9.04. The van der Waals surface area contributed by atoms with Gasteiger partial charge in [-0.1, -0.05) is 24.3 Å². The number of H-pyrrole nitrogens is 1. The molecule has 0 atom stereocenters. The van der Waals surface area contributed by atoms with E-state index in [0.717, 1.165) is 0 Å². The number of halogens is 1. The minimum atomic E-state index is -0.342. The molecule has 1 saturated heterocycles. The highest BCUT2D eigenvalue weighted by Gasteiger charge is 2.26. The van der Waals surface area contributed by atoms with E-state index >= 15 is 0 Å². The van der Waals surface area contributed by atoms with E-state index in [1.54, 1.807) is 35.2 Å². The van der Waals surface area contributed by atoms with Crippen molar-refractivity contribution in [3.05, 3.63) is 71.7 Å². The molecule has 1 aliphatic rings. The van der Waals surface area contributed by atoms with E-state index in [1.807, 2.05) is 18.2 Å². The second-order valence-electron chi connectivity index (χ2n) is 6.79. The first-order valence-electron chi connectivity index (χ1n) is 9.04. The van der Waals surface area contributed by atoms with Crippen molar-refractivity contribution in [3.8, 4) is 0 Å². The van der Waals surface area contributed by atoms with Gasteiger partial charge in [0, 0.05) is 35.6 Å². The quantitative estimate of drug-likeness (QED) is 0.748. The summed E-state index contributed by atoms with van der Waals surface area (Å²) in [5.41, 5.74) is 1.64. The minimum Gasteiger partial charge on any atom is -0.350 e. The highest BCUT2D eigenvalue weighted by molar-refractivity contribution is 5.98. The lowest BCUT2D eigenvalue weighted by Gasteiger charge is -2.32. The zero-order valence-electron chi connectivity index (χ0n) is 14.7. The third kappa shape index (κ3) is 3.56. The Kier molecular flexibility index (Phi) is 4.62. The number of hydrogen-bond acceptors (Lipinski definition) is 2. The molecule has 2 amide bonds. The Hall–Kier alpha value is -3.15. The predicted molar refractivity (Wildman–Crippen MR) is 101 cm³/mol. The standard InChI is InChI=1S/C21H20FN3O2/c22-17-7-4-8-18-16(17)13-19(24-18)21(27)25-11-9-15(10-12-25)23-20(26)14-5-2-1-3-6-14/h1-8,13,15,24H,9-12H2,(H,23,26). The second-order valence-corrected chi connectivity index (χ2v) is 6.79. The van der Waals surface area contributed by atoms with E-state index < -0.39 is 0 Å². The van der Waals surface area contributed by atoms with Crippen LogP contribution in [0.4, 0.5) is 4.39 Å². The van der Waals surface area contributed by atoms with E-state index in [4.69, 9.17) is 0 Å². The molecule has 138 valence electrons. The average molecular weight is 365 g/mol. The molecule has 6 heteroatoms. The Labute approximate surface area is 156 Å². The normalized spacial score (nSPS) is 15.1. The Morgan fingerprint density at radius 3 is 2.48 bits per heavy atom. The van der Waals surface area contributed by atoms with Gasteiger partial charge in [-0.25, -0.2) is 4.39 Å². The van der Waals surface area contributed by atoms with Crippen LogP contribution in [-0.4, -0.2) is 40.8 Å². The third-order valence-corrected chi connectivity index (χ3v) is 4.99. The molecule has 0 aliphatic carbocycles. The van der Waals surface area contributed by atoms with Crippen LogP contribution in [0.1, 0.15) is 33.7 Å². The number of nitrogens with one attached hydrogen (secondary N) is 2. The fourth-order valence-electron chi connectivity index (χ4n) is 3.49. The summed E-state index contributed by atoms with van der Waals surface area (Å²) in [6.45, 7) is 1.10. The Balaban J connectivity index is 1.37. The number of benzene rings is 2. The van der Waals surface area contributed by atoms with Gasteiger partial charge in [0.2, 0.25) is 0 Å². The maximum Gasteiger partial charge on any atom is 0.270 e. The van der Waals surface area contributed by atoms with Crippen LogP contribution >= 0.6 is 0 Å². The van der Waals surface area contributed by atoms with Crippen molar-refractivity contribution in [1.29, 1.82) is 0 Å². The summed E-state index contributed by atoms with van der Waals surface area (Å²) in [7, 11) is 0. The Bertz CT molecular complexity index is 976. The largest absolute Gasteiger partial charge is 0.350 e. The van der Waals surface area contributed by atoms with Crippen molar-refractivity contribution < 1.29 is 14.0 Å². The number of fused-ring (bicyclic) bond motifs is 1. The number of carbonyl (C=O) groups is 2. The molecule has 2 aromatic carbocycles. The van der Waals surface area contributed by atoms with Gasteiger partial charge in [0.05, 0.1) is 0 Å². The maximum absolute atomic E-state index is 13.8. The van der Waals surface area contributed by atoms with Crippen molar-refractivity contribution in [2.24, 2.45) is 0 Å². The highest BCUT2D eigenvalue weighted by atomic mass is 19.1. The van der Waals surface area contributed by atoms with Gasteiger partial charge in [-0.05, 0) is 43.2 Å². The molecule has 0 bridgehead atoms. The van der Waals surface area contributed by atoms with Gasteiger partial charge in [-0.2, -0.15) is 0 Å². The summed E-state index contributed by atoms with van der Waals surface area (Å²) in [5, 5.41) is 3.45. The SMILES string of the molecule is O=C(NC1CCN(C(=O)c2cc3c(F)cccc3[nH]2)CC1)c1ccccc1. The number of hydrogen-bond donors (Lipinski definition) is 2. The summed E-state index contributed by atoms with van der Waals surface area (Å²) in [6, 6.07) is 15.5. The predicted octanol–water partition coefficient (Wildman–Crippen LogP) is 3.34. The molecule has 1 fully saturated rings. The molecule has 3 aromatic rings. The molecular formula is C21H20FN3O2. The molecule has 0 saturated carbocycles. The topological polar surface area (TPSA) is 65.2 Å². The van der Waals surface area contributed by atoms with Crippen molar-refractivity contribution >= 4 is 22.7 Å². The molecule has 2 N–H and O–H groups in total. The molecule has 27 heavy (non-hydrogen) atoms. The van der Waals surface area contributed by atoms with E-state index in [-0.39, 0.29) is 23.7 Å². The van der Waals surface area contributed by atoms with Gasteiger partial charge >= 0.3 is 0 Å². The van der Waals surface area contributed by atoms with Crippen molar-refractivity contribution in [2.75, 3.05) is 13.1 Å². The highest BCUT2D eigenvalue weighted by Crippen LogP contribution is 2.21. The van der Waals surface area contributed by atoms with Gasteiger partial charge < -0.3 is 15.2 Å². The molecule has 5 nitrogen and oxygen atoms in total. The second kappa shape index (κ2) is 7.23. The lowest BCUT2D eigenvalue weighted by molar-refractivity contribution is 0.0693. The molecule has 2 heterocycles. The molecule has 1 aliphatic heterocycles. The molecule has 4 rings (SSSR count). The minimum absolute atomic E-state index is 0.0434. The van der Waals surface area contributed by atoms with Gasteiger partial charge in [0.15, 0.2) is 0 Å². The van der Waals surface area contributed by atoms with Crippen LogP contribution in [0.25, 0.3) is 10.9 Å². The molecule has 0 unspecified atom stereocenters. The van der Waals surface area contributed by atoms with Gasteiger partial charge in [-0.15, -0.1) is 0 Å². The van der Waals surface area contributed by atoms with Crippen LogP contribution < -0.4 is 5.32 Å². The Morgan fingerprint density at radius 2 is 1.78 bits per heavy atom. The van der Waals surface area contributed by atoms with Crippen molar-refractivity contribution in [2.45, 2.75) is 18.9 Å². The number of likely N-dealkylation sites (tertiary alicyclic amines) is 1. The van der Waals surface area contributed by atoms with Gasteiger partial charge in [-0.3, -0.25) is 9.59 Å². The van der Waals surface area contributed by atoms with Gasteiger partial charge in [0.25, 0.3) is 11.8 Å². The summed E-state index contributed by atoms with van der Waals surface area (Å²) < 4.78 is 13.8. The fourth-order valence-corrected chi connectivity index (χ4v) is 3.49. The lowest BCUT2D eigenvalue weighted by atomic mass is 10.0. The van der Waals surface area contributed by atoms with E-state index in [9.17, 15) is 14.0 Å². The number of rotatable bonds is 3. The van der Waals surface area contributed by atoms with Crippen LogP contribution in [-0.2, 0) is 0 Å². The number of nitrogens with zero attached hydrogens (tertiary/aromatic N) is 1. The molecule has 0 spiro atoms. The average Bonchev–Trinajstić information content (AvgIpc) is 3.14. The first-order chi connectivity index (χ1) is 13.1. The number of aromatic nitrogens is 1. The zero-order chi connectivity index (χ0) is 18.8. The molecule has 0 radical (unpaired) electrons. The third-order valence-electron chi connectivity index (χ3n) is 4.99. The van der Waals surface area contributed by atoms with E-state index in [1.165, 1.54) is 6.07 Å². The number of carbonyl (C=O) groups excluding carboxylic acids is 2. The maximum atomic E-state index is 13.8. The van der Waals surface area contributed by atoms with Crippen LogP contribution in [0.15, 0.2) is 54.6 Å². The van der Waals surface area contributed by atoms with Crippen molar-refractivity contribution in [1.82, 2.24) is 15.2 Å². The van der Waals surface area contributed by atoms with Gasteiger partial charge in [0.1, 0.15) is 11.5 Å². The number of amides is 2. The first kappa shape index (κ1) is 17.3. The van der Waals surface area contributed by atoms with E-state index in [2.05, 4.69) is 10.3 Å². The van der Waals surface area contributed by atoms with Crippen LogP contribution in [0.2, 0.25) is 0 Å². The van der Waals surface area contributed by atoms with E-state index in [0.29, 0.717) is 48.1 Å². The monoisotopic (exact) mass is 365 g/mol. The molecule has 1 aromatic heterocycles. The van der Waals surface area contributed by atoms with Crippen LogP contribution in [0.3, 0.4) is 0 Å². The smallest absolute Gasteiger partial charge is 0.270 e. The zero-order valence-corrected chi connectivity index (χ0v) is 14.7. The lowest BCUT2D eigenvalue weighted by Crippen LogP contribution is -2.46. The van der Waals surface area contributed by atoms with Crippen molar-refractivity contribution in [3.63, 3.8) is 0 Å². The summed E-state index contributed by atoms with van der Waals surface area (Å²) >= 11 is 0.